The van der Waals surface area contributed by atoms with Crippen LogP contribution in [0.1, 0.15) is 36.5 Å². The molecule has 0 aliphatic rings. The lowest BCUT2D eigenvalue weighted by molar-refractivity contribution is -0.176. The lowest BCUT2D eigenvalue weighted by Crippen LogP contribution is -2.51. The summed E-state index contributed by atoms with van der Waals surface area (Å²) in [5, 5.41) is 0. The smallest absolute Gasteiger partial charge is 0.414 e. The van der Waals surface area contributed by atoms with Gasteiger partial charge in [0.15, 0.2) is 5.54 Å². The van der Waals surface area contributed by atoms with Gasteiger partial charge in [0, 0.05) is 0 Å². The van der Waals surface area contributed by atoms with Crippen LogP contribution in [0.5, 0.6) is 5.75 Å². The molecule has 23 heavy (non-hydrogen) atoms. The van der Waals surface area contributed by atoms with E-state index in [2.05, 4.69) is 0 Å². The minimum atomic E-state index is -4.62. The van der Waals surface area contributed by atoms with Gasteiger partial charge in [-0.05, 0) is 34.7 Å². The molecule has 2 rings (SSSR count). The standard InChI is InChI=1S/C18H20F3NO/c1-12(2)13-4-6-14(7-5-13)17(22,18(19,20)21)15-8-10-16(23-3)11-9-15/h4-12H,22H2,1-3H3/t17-/m1/s1. The molecule has 0 aliphatic carbocycles. The topological polar surface area (TPSA) is 35.2 Å². The summed E-state index contributed by atoms with van der Waals surface area (Å²) in [4.78, 5) is 0. The summed E-state index contributed by atoms with van der Waals surface area (Å²) >= 11 is 0. The zero-order chi connectivity index (χ0) is 17.3. The van der Waals surface area contributed by atoms with Crippen molar-refractivity contribution in [2.75, 3.05) is 7.11 Å². The number of ether oxygens (including phenoxy) is 1. The highest BCUT2D eigenvalue weighted by molar-refractivity contribution is 5.43. The molecule has 124 valence electrons. The van der Waals surface area contributed by atoms with Crippen molar-refractivity contribution in [1.82, 2.24) is 0 Å². The summed E-state index contributed by atoms with van der Waals surface area (Å²) in [5.41, 5.74) is 4.26. The van der Waals surface area contributed by atoms with E-state index in [1.165, 1.54) is 43.5 Å². The quantitative estimate of drug-likeness (QED) is 0.893. The van der Waals surface area contributed by atoms with E-state index in [0.29, 0.717) is 5.75 Å². The molecule has 2 aromatic carbocycles. The zero-order valence-electron chi connectivity index (χ0n) is 13.3. The van der Waals surface area contributed by atoms with Crippen molar-refractivity contribution in [2.24, 2.45) is 5.73 Å². The third-order valence-corrected chi connectivity index (χ3v) is 4.03. The number of rotatable bonds is 4. The Labute approximate surface area is 134 Å². The number of methoxy groups -OCH3 is 1. The highest BCUT2D eigenvalue weighted by Gasteiger charge is 2.54. The van der Waals surface area contributed by atoms with Gasteiger partial charge in [-0.25, -0.2) is 0 Å². The SMILES string of the molecule is COc1ccc([C@](N)(c2ccc(C(C)C)cc2)C(F)(F)F)cc1. The van der Waals surface area contributed by atoms with E-state index in [9.17, 15) is 13.2 Å². The molecule has 0 heterocycles. The first-order valence-electron chi connectivity index (χ1n) is 7.30. The van der Waals surface area contributed by atoms with E-state index in [-0.39, 0.29) is 17.0 Å². The highest BCUT2D eigenvalue weighted by atomic mass is 19.4. The minimum absolute atomic E-state index is 0.0135. The second-order valence-corrected chi connectivity index (χ2v) is 5.81. The van der Waals surface area contributed by atoms with E-state index < -0.39 is 11.7 Å². The van der Waals surface area contributed by atoms with Crippen LogP contribution in [0.15, 0.2) is 48.5 Å². The van der Waals surface area contributed by atoms with Crippen molar-refractivity contribution in [3.8, 4) is 5.75 Å². The molecule has 0 bridgehead atoms. The van der Waals surface area contributed by atoms with Gasteiger partial charge in [0.25, 0.3) is 0 Å². The van der Waals surface area contributed by atoms with Gasteiger partial charge in [-0.2, -0.15) is 13.2 Å². The van der Waals surface area contributed by atoms with Crippen LogP contribution in [0.3, 0.4) is 0 Å². The number of benzene rings is 2. The summed E-state index contributed by atoms with van der Waals surface area (Å²) in [6.07, 6.45) is -4.62. The molecule has 0 aromatic heterocycles. The van der Waals surface area contributed by atoms with Crippen LogP contribution in [-0.4, -0.2) is 13.3 Å². The molecule has 0 aliphatic heterocycles. The third kappa shape index (κ3) is 3.20. The average molecular weight is 323 g/mol. The molecular weight excluding hydrogens is 303 g/mol. The summed E-state index contributed by atoms with van der Waals surface area (Å²) in [7, 11) is 1.46. The van der Waals surface area contributed by atoms with Crippen molar-refractivity contribution in [3.05, 3.63) is 65.2 Å². The van der Waals surface area contributed by atoms with Gasteiger partial charge in [0.2, 0.25) is 0 Å². The minimum Gasteiger partial charge on any atom is -0.497 e. The van der Waals surface area contributed by atoms with Crippen LogP contribution in [-0.2, 0) is 5.54 Å². The van der Waals surface area contributed by atoms with E-state index in [0.717, 1.165) is 5.56 Å². The second kappa shape index (κ2) is 6.24. The lowest BCUT2D eigenvalue weighted by atomic mass is 9.82. The van der Waals surface area contributed by atoms with Crippen LogP contribution >= 0.6 is 0 Å². The maximum atomic E-state index is 13.8. The number of alkyl halides is 3. The molecule has 0 saturated heterocycles. The molecule has 2 N–H and O–H groups in total. The fourth-order valence-corrected chi connectivity index (χ4v) is 2.48. The van der Waals surface area contributed by atoms with Crippen LogP contribution < -0.4 is 10.5 Å². The fraction of sp³-hybridized carbons (Fsp3) is 0.333. The summed E-state index contributed by atoms with van der Waals surface area (Å²) in [6.45, 7) is 3.97. The van der Waals surface area contributed by atoms with E-state index in [1.54, 1.807) is 12.1 Å². The number of hydrogen-bond acceptors (Lipinski definition) is 2. The predicted molar refractivity (Wildman–Crippen MR) is 84.5 cm³/mol. The first-order chi connectivity index (χ1) is 10.7. The first-order valence-corrected chi connectivity index (χ1v) is 7.30. The number of halogens is 3. The van der Waals surface area contributed by atoms with Gasteiger partial charge in [0.1, 0.15) is 5.75 Å². The van der Waals surface area contributed by atoms with Gasteiger partial charge in [-0.1, -0.05) is 50.2 Å². The Morgan fingerprint density at radius 2 is 1.30 bits per heavy atom. The van der Waals surface area contributed by atoms with Crippen molar-refractivity contribution in [1.29, 1.82) is 0 Å². The normalized spacial score (nSPS) is 14.6. The van der Waals surface area contributed by atoms with E-state index >= 15 is 0 Å². The molecule has 5 heteroatoms. The lowest BCUT2D eigenvalue weighted by Gasteiger charge is -2.33. The van der Waals surface area contributed by atoms with Crippen LogP contribution in [0, 0.1) is 0 Å². The van der Waals surface area contributed by atoms with Gasteiger partial charge in [-0.15, -0.1) is 0 Å². The van der Waals surface area contributed by atoms with Crippen molar-refractivity contribution < 1.29 is 17.9 Å². The zero-order valence-corrected chi connectivity index (χ0v) is 13.3. The molecule has 0 saturated carbocycles. The van der Waals surface area contributed by atoms with Gasteiger partial charge in [-0.3, -0.25) is 0 Å². The Morgan fingerprint density at radius 3 is 1.65 bits per heavy atom. The van der Waals surface area contributed by atoms with Crippen LogP contribution in [0.4, 0.5) is 13.2 Å². The Bertz CT molecular complexity index is 647. The van der Waals surface area contributed by atoms with Crippen molar-refractivity contribution >= 4 is 0 Å². The molecule has 2 nitrogen and oxygen atoms in total. The fourth-order valence-electron chi connectivity index (χ4n) is 2.48. The molecule has 0 amide bonds. The Morgan fingerprint density at radius 1 is 0.870 bits per heavy atom. The molecule has 2 aromatic rings. The molecule has 0 radical (unpaired) electrons. The van der Waals surface area contributed by atoms with Crippen molar-refractivity contribution in [2.45, 2.75) is 31.5 Å². The van der Waals surface area contributed by atoms with Crippen LogP contribution in [0.2, 0.25) is 0 Å². The maximum Gasteiger partial charge on any atom is 0.414 e. The molecule has 0 spiro atoms. The van der Waals surface area contributed by atoms with Crippen LogP contribution in [0.25, 0.3) is 0 Å². The summed E-state index contributed by atoms with van der Waals surface area (Å²) in [5.74, 6) is 0.719. The Balaban J connectivity index is 2.54. The monoisotopic (exact) mass is 323 g/mol. The first kappa shape index (κ1) is 17.3. The predicted octanol–water partition coefficient (Wildman–Crippen LogP) is 4.58. The number of nitrogens with two attached hydrogens (primary N) is 1. The Kier molecular flexibility index (Phi) is 4.71. The van der Waals surface area contributed by atoms with E-state index in [1.807, 2.05) is 13.8 Å². The number of hydrogen-bond donors (Lipinski definition) is 1. The molecule has 0 unspecified atom stereocenters. The van der Waals surface area contributed by atoms with Gasteiger partial charge >= 0.3 is 6.18 Å². The van der Waals surface area contributed by atoms with Crippen molar-refractivity contribution in [3.63, 3.8) is 0 Å². The Hall–Kier alpha value is -2.01. The highest BCUT2D eigenvalue weighted by Crippen LogP contribution is 2.42. The molecule has 0 fully saturated rings. The van der Waals surface area contributed by atoms with Gasteiger partial charge in [0.05, 0.1) is 7.11 Å². The largest absolute Gasteiger partial charge is 0.497 e. The summed E-state index contributed by atoms with van der Waals surface area (Å²) < 4.78 is 46.3. The average Bonchev–Trinajstić information content (AvgIpc) is 2.53. The van der Waals surface area contributed by atoms with E-state index in [4.69, 9.17) is 10.5 Å². The summed E-state index contributed by atoms with van der Waals surface area (Å²) in [6, 6.07) is 11.9. The van der Waals surface area contributed by atoms with Gasteiger partial charge < -0.3 is 10.5 Å². The molecule has 1 atom stereocenters. The maximum absolute atomic E-state index is 13.8. The second-order valence-electron chi connectivity index (χ2n) is 5.81. The third-order valence-electron chi connectivity index (χ3n) is 4.03. The molecular formula is C18H20F3NO.